The Bertz CT molecular complexity index is 1040. The molecule has 3 heterocycles. The van der Waals surface area contributed by atoms with Crippen LogP contribution < -0.4 is 4.74 Å². The van der Waals surface area contributed by atoms with Crippen LogP contribution >= 0.6 is 0 Å². The zero-order valence-corrected chi connectivity index (χ0v) is 16.0. The third kappa shape index (κ3) is 2.97. The molecule has 0 aliphatic heterocycles. The lowest BCUT2D eigenvalue weighted by Crippen LogP contribution is -2.28. The topological polar surface area (TPSA) is 98.7 Å². The van der Waals surface area contributed by atoms with Gasteiger partial charge in [0.25, 0.3) is 0 Å². The van der Waals surface area contributed by atoms with Crippen LogP contribution in [0.2, 0.25) is 0 Å². The standard InChI is InChI=1S/C17H22N4O4S/c1-17(2,3)26(23,24)15-11-21-13(9-18-16(21)7-14(15)25-4)12-8-19-20(10-12)5-6-22/h7-11,22H,5-6H2,1-4H3. The summed E-state index contributed by atoms with van der Waals surface area (Å²) in [5.41, 5.74) is 2.05. The van der Waals surface area contributed by atoms with Gasteiger partial charge in [-0.2, -0.15) is 5.10 Å². The fourth-order valence-corrected chi connectivity index (χ4v) is 3.92. The van der Waals surface area contributed by atoms with Crippen molar-refractivity contribution in [2.24, 2.45) is 0 Å². The molecular weight excluding hydrogens is 356 g/mol. The molecule has 9 heteroatoms. The van der Waals surface area contributed by atoms with Crippen LogP contribution in [0, 0.1) is 0 Å². The second-order valence-electron chi connectivity index (χ2n) is 6.91. The lowest BCUT2D eigenvalue weighted by molar-refractivity contribution is 0.269. The van der Waals surface area contributed by atoms with Crippen LogP contribution in [-0.4, -0.2) is 51.2 Å². The Labute approximate surface area is 152 Å². The first kappa shape index (κ1) is 18.4. The van der Waals surface area contributed by atoms with Gasteiger partial charge in [0.05, 0.1) is 43.1 Å². The molecule has 0 unspecified atom stereocenters. The number of rotatable bonds is 5. The van der Waals surface area contributed by atoms with E-state index in [0.717, 1.165) is 5.56 Å². The van der Waals surface area contributed by atoms with E-state index in [2.05, 4.69) is 10.1 Å². The van der Waals surface area contributed by atoms with Crippen molar-refractivity contribution in [2.75, 3.05) is 13.7 Å². The average molecular weight is 378 g/mol. The highest BCUT2D eigenvalue weighted by Gasteiger charge is 2.34. The number of hydrogen-bond donors (Lipinski definition) is 1. The number of fused-ring (bicyclic) bond motifs is 1. The normalized spacial score (nSPS) is 12.7. The Balaban J connectivity index is 2.21. The van der Waals surface area contributed by atoms with Gasteiger partial charge in [-0.25, -0.2) is 13.4 Å². The molecule has 8 nitrogen and oxygen atoms in total. The summed E-state index contributed by atoms with van der Waals surface area (Å²) in [4.78, 5) is 4.46. The van der Waals surface area contributed by atoms with Crippen molar-refractivity contribution < 1.29 is 18.3 Å². The molecule has 26 heavy (non-hydrogen) atoms. The number of nitrogens with zero attached hydrogens (tertiary/aromatic N) is 4. The lowest BCUT2D eigenvalue weighted by Gasteiger charge is -2.21. The third-order valence-electron chi connectivity index (χ3n) is 4.15. The van der Waals surface area contributed by atoms with Gasteiger partial charge in [-0.3, -0.25) is 9.08 Å². The van der Waals surface area contributed by atoms with E-state index >= 15 is 0 Å². The van der Waals surface area contributed by atoms with E-state index in [4.69, 9.17) is 9.84 Å². The van der Waals surface area contributed by atoms with Crippen LogP contribution in [0.25, 0.3) is 16.9 Å². The summed E-state index contributed by atoms with van der Waals surface area (Å²) in [6.07, 6.45) is 6.63. The minimum Gasteiger partial charge on any atom is -0.495 e. The molecule has 0 atom stereocenters. The summed E-state index contributed by atoms with van der Waals surface area (Å²) in [7, 11) is -2.18. The van der Waals surface area contributed by atoms with Gasteiger partial charge in [0.1, 0.15) is 16.3 Å². The fourth-order valence-electron chi connectivity index (χ4n) is 2.61. The molecular formula is C17H22N4O4S. The smallest absolute Gasteiger partial charge is 0.188 e. The molecule has 0 saturated heterocycles. The van der Waals surface area contributed by atoms with Gasteiger partial charge in [-0.1, -0.05) is 0 Å². The van der Waals surface area contributed by atoms with E-state index < -0.39 is 14.6 Å². The predicted molar refractivity (Wildman–Crippen MR) is 97.0 cm³/mol. The van der Waals surface area contributed by atoms with E-state index in [-0.39, 0.29) is 17.3 Å². The highest BCUT2D eigenvalue weighted by molar-refractivity contribution is 7.92. The number of pyridine rings is 1. The van der Waals surface area contributed by atoms with Crippen LogP contribution in [0.1, 0.15) is 20.8 Å². The Morgan fingerprint density at radius 1 is 1.23 bits per heavy atom. The second kappa shape index (κ2) is 6.40. The summed E-state index contributed by atoms with van der Waals surface area (Å²) in [6, 6.07) is 1.61. The summed E-state index contributed by atoms with van der Waals surface area (Å²) in [6.45, 7) is 5.33. The quantitative estimate of drug-likeness (QED) is 0.726. The van der Waals surface area contributed by atoms with Crippen molar-refractivity contribution in [1.82, 2.24) is 19.2 Å². The molecule has 1 N–H and O–H groups in total. The fraction of sp³-hybridized carbons (Fsp3) is 0.412. The van der Waals surface area contributed by atoms with Crippen LogP contribution in [0.4, 0.5) is 0 Å². The summed E-state index contributed by atoms with van der Waals surface area (Å²) in [5, 5.41) is 13.2. The Morgan fingerprint density at radius 3 is 2.58 bits per heavy atom. The zero-order valence-electron chi connectivity index (χ0n) is 15.2. The van der Waals surface area contributed by atoms with Crippen LogP contribution in [0.5, 0.6) is 5.75 Å². The van der Waals surface area contributed by atoms with E-state index in [9.17, 15) is 8.42 Å². The van der Waals surface area contributed by atoms with Crippen molar-refractivity contribution in [3.63, 3.8) is 0 Å². The number of ether oxygens (including phenoxy) is 1. The van der Waals surface area contributed by atoms with Crippen molar-refractivity contribution in [2.45, 2.75) is 37.0 Å². The molecule has 3 rings (SSSR count). The van der Waals surface area contributed by atoms with Gasteiger partial charge in [0.2, 0.25) is 0 Å². The van der Waals surface area contributed by atoms with Gasteiger partial charge in [0.15, 0.2) is 9.84 Å². The van der Waals surface area contributed by atoms with Crippen LogP contribution in [0.15, 0.2) is 35.7 Å². The highest BCUT2D eigenvalue weighted by Crippen LogP contribution is 2.34. The maximum atomic E-state index is 13.0. The Kier molecular flexibility index (Phi) is 4.53. The van der Waals surface area contributed by atoms with Gasteiger partial charge < -0.3 is 9.84 Å². The molecule has 140 valence electrons. The number of imidazole rings is 1. The molecule has 0 fully saturated rings. The van der Waals surface area contributed by atoms with Crippen LogP contribution in [0.3, 0.4) is 0 Å². The molecule has 0 bridgehead atoms. The minimum atomic E-state index is -3.62. The number of aliphatic hydroxyl groups excluding tert-OH is 1. The van der Waals surface area contributed by atoms with Gasteiger partial charge in [-0.15, -0.1) is 0 Å². The maximum Gasteiger partial charge on any atom is 0.188 e. The van der Waals surface area contributed by atoms with Crippen molar-refractivity contribution in [1.29, 1.82) is 0 Å². The summed E-state index contributed by atoms with van der Waals surface area (Å²) < 4.78 is 33.6. The lowest BCUT2D eigenvalue weighted by atomic mass is 10.3. The van der Waals surface area contributed by atoms with E-state index in [0.29, 0.717) is 17.9 Å². The van der Waals surface area contributed by atoms with Crippen molar-refractivity contribution in [3.8, 4) is 17.0 Å². The van der Waals surface area contributed by atoms with E-state index in [1.165, 1.54) is 7.11 Å². The molecule has 0 radical (unpaired) electrons. The molecule has 0 aliphatic carbocycles. The minimum absolute atomic E-state index is 0.0144. The zero-order chi connectivity index (χ0) is 19.1. The molecule has 0 aromatic carbocycles. The maximum absolute atomic E-state index is 13.0. The molecule has 0 spiro atoms. The number of aromatic nitrogens is 4. The average Bonchev–Trinajstić information content (AvgIpc) is 3.18. The van der Waals surface area contributed by atoms with E-state index in [1.54, 1.807) is 60.7 Å². The Morgan fingerprint density at radius 2 is 1.96 bits per heavy atom. The molecule has 0 saturated carbocycles. The van der Waals surface area contributed by atoms with E-state index in [1.807, 2.05) is 0 Å². The molecule has 3 aromatic heterocycles. The molecule has 0 amide bonds. The van der Waals surface area contributed by atoms with Crippen LogP contribution in [-0.2, 0) is 16.4 Å². The predicted octanol–water partition coefficient (Wildman–Crippen LogP) is 1.77. The second-order valence-corrected chi connectivity index (χ2v) is 9.58. The summed E-state index contributed by atoms with van der Waals surface area (Å²) >= 11 is 0. The third-order valence-corrected chi connectivity index (χ3v) is 6.65. The van der Waals surface area contributed by atoms with Crippen molar-refractivity contribution in [3.05, 3.63) is 30.9 Å². The molecule has 0 aliphatic rings. The number of aliphatic hydroxyl groups is 1. The van der Waals surface area contributed by atoms with Crippen molar-refractivity contribution >= 4 is 15.5 Å². The first-order valence-electron chi connectivity index (χ1n) is 8.12. The monoisotopic (exact) mass is 378 g/mol. The Hall–Kier alpha value is -2.39. The van der Waals surface area contributed by atoms with Gasteiger partial charge in [-0.05, 0) is 20.8 Å². The molecule has 3 aromatic rings. The largest absolute Gasteiger partial charge is 0.495 e. The SMILES string of the molecule is COc1cc2ncc(-c3cnn(CCO)c3)n2cc1S(=O)(=O)C(C)(C)C. The number of hydrogen-bond acceptors (Lipinski definition) is 6. The first-order valence-corrected chi connectivity index (χ1v) is 9.61. The number of methoxy groups -OCH3 is 1. The first-order chi connectivity index (χ1) is 12.2. The summed E-state index contributed by atoms with van der Waals surface area (Å²) in [5.74, 6) is 0.264. The van der Waals surface area contributed by atoms with Gasteiger partial charge in [0, 0.05) is 24.0 Å². The highest BCUT2D eigenvalue weighted by atomic mass is 32.2. The van der Waals surface area contributed by atoms with Gasteiger partial charge >= 0.3 is 0 Å². The number of sulfone groups is 1.